The Bertz CT molecular complexity index is 675. The van der Waals surface area contributed by atoms with Gasteiger partial charge in [-0.2, -0.15) is 0 Å². The molecule has 8 heteroatoms. The first-order valence-electron chi connectivity index (χ1n) is 8.94. The number of carbonyl (C=O) groups is 2. The lowest BCUT2D eigenvalue weighted by Crippen LogP contribution is -2.54. The summed E-state index contributed by atoms with van der Waals surface area (Å²) in [6.07, 6.45) is 2.18. The van der Waals surface area contributed by atoms with Crippen molar-refractivity contribution in [3.05, 3.63) is 29.0 Å². The van der Waals surface area contributed by atoms with Gasteiger partial charge in [0.15, 0.2) is 0 Å². The van der Waals surface area contributed by atoms with Crippen LogP contribution in [0.1, 0.15) is 19.8 Å². The highest BCUT2D eigenvalue weighted by Gasteiger charge is 2.28. The molecule has 2 fully saturated rings. The monoisotopic (exact) mass is 382 g/mol. The molecule has 2 N–H and O–H groups in total. The highest BCUT2D eigenvalue weighted by molar-refractivity contribution is 6.33. The van der Waals surface area contributed by atoms with Gasteiger partial charge in [-0.25, -0.2) is 4.39 Å². The quantitative estimate of drug-likeness (QED) is 0.786. The fourth-order valence-electron chi connectivity index (χ4n) is 3.01. The molecule has 2 amide bonds. The highest BCUT2D eigenvalue weighted by Crippen LogP contribution is 2.23. The van der Waals surface area contributed by atoms with E-state index >= 15 is 0 Å². The summed E-state index contributed by atoms with van der Waals surface area (Å²) in [4.78, 5) is 28.5. The molecule has 1 aromatic carbocycles. The predicted molar refractivity (Wildman–Crippen MR) is 98.7 cm³/mol. The van der Waals surface area contributed by atoms with Crippen molar-refractivity contribution in [3.8, 4) is 0 Å². The number of piperazine rings is 1. The number of anilines is 1. The molecule has 1 aromatic rings. The summed E-state index contributed by atoms with van der Waals surface area (Å²) in [6.45, 7) is 5.16. The lowest BCUT2D eigenvalue weighted by atomic mass is 10.2. The molecule has 0 bridgehead atoms. The molecule has 1 saturated carbocycles. The van der Waals surface area contributed by atoms with Crippen LogP contribution in [0, 0.1) is 5.82 Å². The molecule has 0 radical (unpaired) electrons. The Morgan fingerprint density at radius 1 is 1.27 bits per heavy atom. The second-order valence-electron chi connectivity index (χ2n) is 6.94. The first-order chi connectivity index (χ1) is 12.4. The van der Waals surface area contributed by atoms with Crippen LogP contribution >= 0.6 is 11.6 Å². The zero-order valence-electron chi connectivity index (χ0n) is 14.8. The van der Waals surface area contributed by atoms with Crippen LogP contribution in [-0.4, -0.2) is 66.4 Å². The van der Waals surface area contributed by atoms with Gasteiger partial charge in [-0.3, -0.25) is 19.4 Å². The van der Waals surface area contributed by atoms with Crippen LogP contribution in [0.3, 0.4) is 0 Å². The third-order valence-electron chi connectivity index (χ3n) is 4.83. The molecule has 1 heterocycles. The third-order valence-corrected chi connectivity index (χ3v) is 5.15. The first kappa shape index (κ1) is 19.1. The van der Waals surface area contributed by atoms with Gasteiger partial charge in [-0.05, 0) is 38.0 Å². The van der Waals surface area contributed by atoms with E-state index in [1.165, 1.54) is 18.2 Å². The van der Waals surface area contributed by atoms with Gasteiger partial charge in [0.2, 0.25) is 11.8 Å². The van der Waals surface area contributed by atoms with E-state index in [1.807, 2.05) is 6.92 Å². The number of hydrogen-bond donors (Lipinski definition) is 2. The van der Waals surface area contributed by atoms with Crippen molar-refractivity contribution in [2.75, 3.05) is 38.0 Å². The molecule has 1 aliphatic heterocycles. The normalized spacial score (nSPS) is 19.8. The van der Waals surface area contributed by atoms with Crippen LogP contribution in [0.2, 0.25) is 5.02 Å². The van der Waals surface area contributed by atoms with E-state index in [1.54, 1.807) is 0 Å². The summed E-state index contributed by atoms with van der Waals surface area (Å²) in [6, 6.07) is 3.94. The maximum Gasteiger partial charge on any atom is 0.241 e. The third kappa shape index (κ3) is 5.16. The average molecular weight is 383 g/mol. The molecule has 6 nitrogen and oxygen atoms in total. The molecule has 0 unspecified atom stereocenters. The number of hydrogen-bond acceptors (Lipinski definition) is 4. The van der Waals surface area contributed by atoms with Crippen LogP contribution in [0.5, 0.6) is 0 Å². The molecular weight excluding hydrogens is 359 g/mol. The van der Waals surface area contributed by atoms with E-state index in [4.69, 9.17) is 11.6 Å². The maximum absolute atomic E-state index is 13.1. The minimum absolute atomic E-state index is 0.0812. The molecular formula is C18H24ClFN4O2. The first-order valence-corrected chi connectivity index (χ1v) is 9.32. The van der Waals surface area contributed by atoms with Crippen molar-refractivity contribution in [2.24, 2.45) is 0 Å². The van der Waals surface area contributed by atoms with Gasteiger partial charge in [0, 0.05) is 32.2 Å². The van der Waals surface area contributed by atoms with Crippen molar-refractivity contribution in [2.45, 2.75) is 31.8 Å². The lowest BCUT2D eigenvalue weighted by molar-refractivity contribution is -0.124. The zero-order chi connectivity index (χ0) is 18.7. The molecule has 1 atom stereocenters. The van der Waals surface area contributed by atoms with Gasteiger partial charge in [0.1, 0.15) is 5.82 Å². The molecule has 0 spiro atoms. The van der Waals surface area contributed by atoms with Gasteiger partial charge in [-0.15, -0.1) is 0 Å². The maximum atomic E-state index is 13.1. The van der Waals surface area contributed by atoms with Gasteiger partial charge in [0.25, 0.3) is 0 Å². The van der Waals surface area contributed by atoms with Gasteiger partial charge >= 0.3 is 0 Å². The van der Waals surface area contributed by atoms with Crippen molar-refractivity contribution in [1.29, 1.82) is 0 Å². The Labute approximate surface area is 157 Å². The number of amides is 2. The summed E-state index contributed by atoms with van der Waals surface area (Å²) >= 11 is 5.96. The smallest absolute Gasteiger partial charge is 0.241 e. The predicted octanol–water partition coefficient (Wildman–Crippen LogP) is 1.70. The molecule has 142 valence electrons. The van der Waals surface area contributed by atoms with E-state index in [9.17, 15) is 14.0 Å². The average Bonchev–Trinajstić information content (AvgIpc) is 3.41. The molecule has 1 aliphatic carbocycles. The van der Waals surface area contributed by atoms with Crippen LogP contribution in [0.4, 0.5) is 10.1 Å². The molecule has 2 aliphatic rings. The fourth-order valence-corrected chi connectivity index (χ4v) is 3.22. The van der Waals surface area contributed by atoms with Gasteiger partial charge in [-0.1, -0.05) is 11.6 Å². The van der Waals surface area contributed by atoms with E-state index in [0.29, 0.717) is 31.4 Å². The largest absolute Gasteiger partial charge is 0.352 e. The summed E-state index contributed by atoms with van der Waals surface area (Å²) in [5, 5.41) is 5.92. The Kier molecular flexibility index (Phi) is 6.11. The standard InChI is InChI=1S/C18H24ClFN4O2/c1-12(18(26)22-16-5-2-13(20)10-15(16)19)24-8-6-23(7-9-24)11-17(25)21-14-3-4-14/h2,5,10,12,14H,3-4,6-9,11H2,1H3,(H,21,25)(H,22,26)/t12-/m0/s1. The summed E-state index contributed by atoms with van der Waals surface area (Å²) < 4.78 is 13.1. The van der Waals surface area contributed by atoms with Gasteiger partial charge < -0.3 is 10.6 Å². The molecule has 3 rings (SSSR count). The second kappa shape index (κ2) is 8.33. The van der Waals surface area contributed by atoms with Crippen LogP contribution in [0.15, 0.2) is 18.2 Å². The summed E-state index contributed by atoms with van der Waals surface area (Å²) in [5.74, 6) is -0.543. The fraction of sp³-hybridized carbons (Fsp3) is 0.556. The highest BCUT2D eigenvalue weighted by atomic mass is 35.5. The van der Waals surface area contributed by atoms with Crippen molar-refractivity contribution in [3.63, 3.8) is 0 Å². The van der Waals surface area contributed by atoms with E-state index in [-0.39, 0.29) is 22.9 Å². The van der Waals surface area contributed by atoms with E-state index in [2.05, 4.69) is 20.4 Å². The Morgan fingerprint density at radius 3 is 2.58 bits per heavy atom. The summed E-state index contributed by atoms with van der Waals surface area (Å²) in [7, 11) is 0. The molecule has 1 saturated heterocycles. The lowest BCUT2D eigenvalue weighted by Gasteiger charge is -2.37. The molecule has 0 aromatic heterocycles. The molecule has 26 heavy (non-hydrogen) atoms. The van der Waals surface area contributed by atoms with Crippen LogP contribution in [0.25, 0.3) is 0 Å². The Morgan fingerprint density at radius 2 is 1.96 bits per heavy atom. The number of benzene rings is 1. The van der Waals surface area contributed by atoms with E-state index in [0.717, 1.165) is 25.9 Å². The zero-order valence-corrected chi connectivity index (χ0v) is 15.6. The number of nitrogens with one attached hydrogen (secondary N) is 2. The second-order valence-corrected chi connectivity index (χ2v) is 7.35. The van der Waals surface area contributed by atoms with Crippen LogP contribution in [-0.2, 0) is 9.59 Å². The van der Waals surface area contributed by atoms with Crippen molar-refractivity contribution < 1.29 is 14.0 Å². The van der Waals surface area contributed by atoms with Crippen molar-refractivity contribution >= 4 is 29.1 Å². The minimum Gasteiger partial charge on any atom is -0.352 e. The van der Waals surface area contributed by atoms with Crippen LogP contribution < -0.4 is 10.6 Å². The summed E-state index contributed by atoms with van der Waals surface area (Å²) in [5.41, 5.74) is 0.403. The number of carbonyl (C=O) groups excluding carboxylic acids is 2. The van der Waals surface area contributed by atoms with Gasteiger partial charge in [0.05, 0.1) is 23.3 Å². The number of rotatable bonds is 6. The number of nitrogens with zero attached hydrogens (tertiary/aromatic N) is 2. The SMILES string of the molecule is C[C@@H](C(=O)Nc1ccc(F)cc1Cl)N1CCN(CC(=O)NC2CC2)CC1. The topological polar surface area (TPSA) is 64.7 Å². The Balaban J connectivity index is 1.45. The minimum atomic E-state index is -0.442. The van der Waals surface area contributed by atoms with E-state index < -0.39 is 5.82 Å². The Hall–Kier alpha value is -1.70. The van der Waals surface area contributed by atoms with Crippen molar-refractivity contribution in [1.82, 2.24) is 15.1 Å². The number of halogens is 2.